The molecule has 52 heavy (non-hydrogen) atoms. The second kappa shape index (κ2) is 25.9. The number of carboxylic acids is 2. The van der Waals surface area contributed by atoms with Crippen LogP contribution in [0.5, 0.6) is 0 Å². The monoisotopic (exact) mass is 952 g/mol. The van der Waals surface area contributed by atoms with Crippen molar-refractivity contribution in [1.29, 1.82) is 0 Å². The van der Waals surface area contributed by atoms with Crippen LogP contribution in [0, 0.1) is 29.6 Å². The number of hydrogen-bond donors (Lipinski definition) is 4. The predicted molar refractivity (Wildman–Crippen MR) is 203 cm³/mol. The van der Waals surface area contributed by atoms with Crippen LogP contribution in [0.25, 0.3) is 21.3 Å². The van der Waals surface area contributed by atoms with E-state index >= 15 is 0 Å². The molecule has 2 aliphatic carbocycles. The second-order valence-corrected chi connectivity index (χ2v) is 14.4. The summed E-state index contributed by atoms with van der Waals surface area (Å²) < 4.78 is 0. The summed E-state index contributed by atoms with van der Waals surface area (Å²) in [6, 6.07) is 2.20. The minimum atomic E-state index is -0.881. The van der Waals surface area contributed by atoms with Crippen molar-refractivity contribution in [3.8, 4) is 0 Å². The Hall–Kier alpha value is -0.161. The number of carboxylic acid groups (broad SMARTS) is 2. The molecule has 0 spiro atoms. The zero-order valence-electron chi connectivity index (χ0n) is 29.7. The van der Waals surface area contributed by atoms with Gasteiger partial charge in [0.1, 0.15) is 0 Å². The number of carbonyl (C=O) groups is 2. The fourth-order valence-electron chi connectivity index (χ4n) is 8.49. The van der Waals surface area contributed by atoms with Crippen molar-refractivity contribution in [2.24, 2.45) is 29.6 Å². The van der Waals surface area contributed by atoms with Crippen molar-refractivity contribution in [3.63, 3.8) is 0 Å². The first kappa shape index (κ1) is 46.2. The topological polar surface area (TPSA) is 178 Å². The van der Waals surface area contributed by atoms with Crippen LogP contribution in [0.2, 0.25) is 0 Å². The van der Waals surface area contributed by atoms with Gasteiger partial charge >= 0.3 is 68.6 Å². The molecule has 6 aliphatic heterocycles. The van der Waals surface area contributed by atoms with Gasteiger partial charge in [-0.3, -0.25) is 4.79 Å². The summed E-state index contributed by atoms with van der Waals surface area (Å²) in [6.45, 7) is 5.87. The molecule has 6 heterocycles. The summed E-state index contributed by atoms with van der Waals surface area (Å²) in [7, 11) is 0. The summed E-state index contributed by atoms with van der Waals surface area (Å²) in [4.78, 5) is 20.7. The summed E-state index contributed by atoms with van der Waals surface area (Å²) in [5.41, 5.74) is 0.394. The van der Waals surface area contributed by atoms with E-state index in [1.54, 1.807) is 0 Å². The molecule has 0 aromatic carbocycles. The standard InChI is InChI=1S/C12H20N2.C12H16N2.C6H11NO3.C6H9NO3.2BrH.2Cu/c2*1-3-9-5-6-10-4-2-8-14-12(10)11(9)13-7-1;2*8-6(9)5-1-3-7(10)4-2-5;;;;/h9-12H,1-8H2;1,3,5-6,9-12H,2,4,7-8H2;5,10H,1-4H2,(H,8,9);1,10H,2-4H2,(H,8,9);2*1H;;/q2*-2;;;;;2*+1/p-2. The van der Waals surface area contributed by atoms with Gasteiger partial charge in [-0.25, -0.2) is 4.79 Å². The number of hydrogen-bond acceptors (Lipinski definition) is 6. The van der Waals surface area contributed by atoms with E-state index in [1.165, 1.54) is 62.5 Å². The maximum atomic E-state index is 10.4. The summed E-state index contributed by atoms with van der Waals surface area (Å²) in [5, 5.41) is 56.0. The molecule has 12 nitrogen and oxygen atoms in total. The minimum absolute atomic E-state index is 0.247. The molecular weight excluding hydrogens is 899 g/mol. The van der Waals surface area contributed by atoms with E-state index in [0.717, 1.165) is 43.1 Å². The first-order valence-corrected chi connectivity index (χ1v) is 23.2. The SMILES string of the molecule is C1=CC2C=CC3CCC[N-]C3C2[N-]C1.C1C[N-]C2C(C1)CCC1CCC[N-]C12.O=C(O)C1=CCN(O)CC1.O=C(O)C1CCN(O)CC1.[Cu][Br].[Cu][Br]. The van der Waals surface area contributed by atoms with Crippen LogP contribution in [-0.2, 0) is 38.0 Å². The molecule has 8 atom stereocenters. The van der Waals surface area contributed by atoms with E-state index in [1.807, 2.05) is 0 Å². The average Bonchev–Trinajstić information content (AvgIpc) is 3.20. The first-order valence-electron chi connectivity index (χ1n) is 18.6. The van der Waals surface area contributed by atoms with Crippen LogP contribution < -0.4 is 0 Å². The normalized spacial score (nSPS) is 33.8. The van der Waals surface area contributed by atoms with Crippen molar-refractivity contribution in [2.45, 2.75) is 94.8 Å². The van der Waals surface area contributed by atoms with Crippen LogP contribution in [-0.4, -0.2) is 119 Å². The molecule has 0 bridgehead atoms. The number of hydroxylamine groups is 4. The number of halogens is 2. The Kier molecular flexibility index (Phi) is 23.0. The number of fused-ring (bicyclic) bond motifs is 6. The number of nitrogens with zero attached hydrogens (tertiary/aromatic N) is 6. The van der Waals surface area contributed by atoms with Crippen LogP contribution in [0.15, 0.2) is 36.0 Å². The van der Waals surface area contributed by atoms with E-state index in [0.29, 0.717) is 87.0 Å². The molecule has 4 saturated heterocycles. The van der Waals surface area contributed by atoms with Crippen molar-refractivity contribution in [3.05, 3.63) is 57.2 Å². The van der Waals surface area contributed by atoms with E-state index < -0.39 is 11.9 Å². The van der Waals surface area contributed by atoms with Gasteiger partial charge in [-0.2, -0.15) is 10.1 Å². The van der Waals surface area contributed by atoms with Gasteiger partial charge in [0.2, 0.25) is 0 Å². The molecule has 0 aromatic rings. The molecule has 8 aliphatic rings. The zero-order valence-corrected chi connectivity index (χ0v) is 34.7. The number of piperidine rings is 4. The number of aliphatic carboxylic acids is 2. The predicted octanol–water partition coefficient (Wildman–Crippen LogP) is 7.67. The quantitative estimate of drug-likeness (QED) is 0.161. The zero-order chi connectivity index (χ0) is 37.9. The molecule has 5 fully saturated rings. The molecule has 8 unspecified atom stereocenters. The van der Waals surface area contributed by atoms with Crippen LogP contribution in [0.4, 0.5) is 0 Å². The maximum absolute atomic E-state index is 10.4. The Morgan fingerprint density at radius 1 is 0.673 bits per heavy atom. The van der Waals surface area contributed by atoms with Gasteiger partial charge in [0.25, 0.3) is 0 Å². The second-order valence-electron chi connectivity index (χ2n) is 14.4. The van der Waals surface area contributed by atoms with Crippen molar-refractivity contribution in [2.75, 3.05) is 52.4 Å². The van der Waals surface area contributed by atoms with Gasteiger partial charge < -0.3 is 41.9 Å². The average molecular weight is 956 g/mol. The third-order valence-corrected chi connectivity index (χ3v) is 11.2. The molecule has 8 rings (SSSR count). The molecule has 4 N–H and O–H groups in total. The summed E-state index contributed by atoms with van der Waals surface area (Å²) >= 11 is 13.0. The van der Waals surface area contributed by atoms with E-state index in [2.05, 4.69) is 80.9 Å². The Morgan fingerprint density at radius 3 is 1.79 bits per heavy atom. The Balaban J connectivity index is 0.000000183. The van der Waals surface area contributed by atoms with Gasteiger partial charge in [-0.05, 0) is 31.1 Å². The van der Waals surface area contributed by atoms with Crippen molar-refractivity contribution in [1.82, 2.24) is 10.1 Å². The van der Waals surface area contributed by atoms with Crippen molar-refractivity contribution >= 4 is 40.2 Å². The molecule has 16 heteroatoms. The first-order chi connectivity index (χ1) is 25.3. The molecule has 0 aromatic heterocycles. The fraction of sp³-hybridized carbons (Fsp3) is 0.778. The molecule has 1 saturated carbocycles. The van der Waals surface area contributed by atoms with Crippen LogP contribution in [0.3, 0.4) is 0 Å². The van der Waals surface area contributed by atoms with Crippen LogP contribution in [0.1, 0.15) is 70.6 Å². The Labute approximate surface area is 340 Å². The van der Waals surface area contributed by atoms with Gasteiger partial charge in [0.05, 0.1) is 5.92 Å². The Morgan fingerprint density at radius 2 is 1.25 bits per heavy atom. The van der Waals surface area contributed by atoms with Gasteiger partial charge in [0.15, 0.2) is 0 Å². The van der Waals surface area contributed by atoms with E-state index in [4.69, 9.17) is 41.9 Å². The van der Waals surface area contributed by atoms with E-state index in [-0.39, 0.29) is 5.92 Å². The molecular formula is C36H56Br2Cu2N6O6-4. The molecule has 0 radical (unpaired) electrons. The number of rotatable bonds is 2. The van der Waals surface area contributed by atoms with Gasteiger partial charge in [-0.1, -0.05) is 87.5 Å². The third kappa shape index (κ3) is 14.7. The molecule has 0 amide bonds. The van der Waals surface area contributed by atoms with Crippen LogP contribution >= 0.6 is 28.2 Å². The van der Waals surface area contributed by atoms with Gasteiger partial charge in [-0.15, -0.1) is 56.4 Å². The van der Waals surface area contributed by atoms with Gasteiger partial charge in [0, 0.05) is 31.8 Å². The third-order valence-electron chi connectivity index (χ3n) is 11.2. The molecule has 306 valence electrons. The fourth-order valence-corrected chi connectivity index (χ4v) is 8.49. The summed E-state index contributed by atoms with van der Waals surface area (Å²) in [5.74, 6) is 1.13. The van der Waals surface area contributed by atoms with Crippen molar-refractivity contribution < 1.29 is 58.6 Å². The summed E-state index contributed by atoms with van der Waals surface area (Å²) in [6.07, 6.45) is 23.2. The van der Waals surface area contributed by atoms with E-state index in [9.17, 15) is 9.59 Å². The Bertz CT molecular complexity index is 1130.